The Kier molecular flexibility index (Phi) is 5.19. The summed E-state index contributed by atoms with van der Waals surface area (Å²) >= 11 is 1.36. The first kappa shape index (κ1) is 17.2. The monoisotopic (exact) mass is 352 g/mol. The highest BCUT2D eigenvalue weighted by Crippen LogP contribution is 2.20. The zero-order valence-corrected chi connectivity index (χ0v) is 15.3. The van der Waals surface area contributed by atoms with E-state index in [1.165, 1.54) is 22.9 Å². The fourth-order valence-electron chi connectivity index (χ4n) is 2.35. The molecule has 3 rings (SSSR count). The fourth-order valence-corrected chi connectivity index (χ4v) is 3.08. The molecule has 0 spiro atoms. The topological polar surface area (TPSA) is 59.8 Å². The molecule has 25 heavy (non-hydrogen) atoms. The lowest BCUT2D eigenvalue weighted by atomic mass is 10.1. The molecule has 5 nitrogen and oxygen atoms in total. The molecule has 0 saturated carbocycles. The number of carbonyl (C=O) groups is 1. The lowest BCUT2D eigenvalue weighted by Gasteiger charge is -2.08. The quantitative estimate of drug-likeness (QED) is 0.707. The van der Waals surface area contributed by atoms with Gasteiger partial charge in [0.1, 0.15) is 6.33 Å². The number of rotatable bonds is 5. The molecule has 2 aromatic carbocycles. The minimum Gasteiger partial charge on any atom is -0.325 e. The summed E-state index contributed by atoms with van der Waals surface area (Å²) in [4.78, 5) is 12.2. The normalized spacial score (nSPS) is 10.7. The van der Waals surface area contributed by atoms with Gasteiger partial charge >= 0.3 is 0 Å². The molecule has 0 radical (unpaired) electrons. The Hall–Kier alpha value is -2.60. The van der Waals surface area contributed by atoms with Crippen LogP contribution in [0.5, 0.6) is 0 Å². The van der Waals surface area contributed by atoms with Crippen molar-refractivity contribution in [2.24, 2.45) is 0 Å². The lowest BCUT2D eigenvalue weighted by molar-refractivity contribution is -0.113. The Morgan fingerprint density at radius 3 is 2.56 bits per heavy atom. The summed E-state index contributed by atoms with van der Waals surface area (Å²) in [5.41, 5.74) is 5.35. The first-order valence-electron chi connectivity index (χ1n) is 8.00. The van der Waals surface area contributed by atoms with Gasteiger partial charge in [0.15, 0.2) is 5.16 Å². The van der Waals surface area contributed by atoms with Crippen molar-refractivity contribution in [1.82, 2.24) is 14.8 Å². The van der Waals surface area contributed by atoms with Gasteiger partial charge in [-0.15, -0.1) is 10.2 Å². The summed E-state index contributed by atoms with van der Waals surface area (Å²) in [6, 6.07) is 14.0. The van der Waals surface area contributed by atoms with Crippen molar-refractivity contribution in [1.29, 1.82) is 0 Å². The molecule has 0 aliphatic rings. The van der Waals surface area contributed by atoms with Crippen LogP contribution in [0.1, 0.15) is 16.7 Å². The fraction of sp³-hybridized carbons (Fsp3) is 0.211. The van der Waals surface area contributed by atoms with E-state index in [0.29, 0.717) is 5.16 Å². The molecule has 0 unspecified atom stereocenters. The van der Waals surface area contributed by atoms with Crippen LogP contribution >= 0.6 is 11.8 Å². The van der Waals surface area contributed by atoms with Gasteiger partial charge in [-0.1, -0.05) is 35.5 Å². The van der Waals surface area contributed by atoms with E-state index in [1.54, 1.807) is 6.33 Å². The third-order valence-electron chi connectivity index (χ3n) is 3.95. The van der Waals surface area contributed by atoms with Gasteiger partial charge in [0.2, 0.25) is 5.91 Å². The van der Waals surface area contributed by atoms with E-state index in [-0.39, 0.29) is 11.7 Å². The molecule has 128 valence electrons. The number of hydrogen-bond acceptors (Lipinski definition) is 4. The van der Waals surface area contributed by atoms with E-state index in [1.807, 2.05) is 60.9 Å². The van der Waals surface area contributed by atoms with Crippen LogP contribution in [0.15, 0.2) is 53.9 Å². The van der Waals surface area contributed by atoms with Crippen LogP contribution in [0.2, 0.25) is 0 Å². The number of anilines is 1. The number of nitrogens with zero attached hydrogens (tertiary/aromatic N) is 3. The van der Waals surface area contributed by atoms with E-state index >= 15 is 0 Å². The Balaban J connectivity index is 1.64. The van der Waals surface area contributed by atoms with Crippen molar-refractivity contribution in [3.05, 3.63) is 65.5 Å². The van der Waals surface area contributed by atoms with Crippen molar-refractivity contribution in [2.75, 3.05) is 11.1 Å². The highest BCUT2D eigenvalue weighted by atomic mass is 32.2. The summed E-state index contributed by atoms with van der Waals surface area (Å²) in [5.74, 6) is 0.212. The van der Waals surface area contributed by atoms with E-state index in [0.717, 1.165) is 16.9 Å². The van der Waals surface area contributed by atoms with E-state index in [4.69, 9.17) is 0 Å². The van der Waals surface area contributed by atoms with Crippen molar-refractivity contribution in [3.63, 3.8) is 0 Å². The number of thioether (sulfide) groups is 1. The third kappa shape index (κ3) is 4.28. The van der Waals surface area contributed by atoms with Crippen LogP contribution in [-0.4, -0.2) is 26.4 Å². The summed E-state index contributed by atoms with van der Waals surface area (Å²) < 4.78 is 1.88. The smallest absolute Gasteiger partial charge is 0.234 e. The van der Waals surface area contributed by atoms with E-state index < -0.39 is 0 Å². The van der Waals surface area contributed by atoms with Crippen LogP contribution in [0.4, 0.5) is 5.69 Å². The van der Waals surface area contributed by atoms with Gasteiger partial charge in [-0.25, -0.2) is 0 Å². The molecule has 0 saturated heterocycles. The molecule has 6 heteroatoms. The average Bonchev–Trinajstić information content (AvgIpc) is 3.06. The van der Waals surface area contributed by atoms with E-state index in [9.17, 15) is 4.79 Å². The zero-order chi connectivity index (χ0) is 17.8. The largest absolute Gasteiger partial charge is 0.325 e. The second-order valence-electron chi connectivity index (χ2n) is 5.95. The standard InChI is InChI=1S/C19H20N4OS/c1-13-4-8-17(9-5-13)23-12-20-22-19(23)25-11-18(24)21-16-7-6-14(2)15(3)10-16/h4-10,12H,11H2,1-3H3,(H,21,24). The van der Waals surface area contributed by atoms with Crippen LogP contribution in [-0.2, 0) is 4.79 Å². The summed E-state index contributed by atoms with van der Waals surface area (Å²) in [6.45, 7) is 6.13. The summed E-state index contributed by atoms with van der Waals surface area (Å²) in [6.07, 6.45) is 1.66. The van der Waals surface area contributed by atoms with Crippen molar-refractivity contribution in [3.8, 4) is 5.69 Å². The summed E-state index contributed by atoms with van der Waals surface area (Å²) in [7, 11) is 0. The van der Waals surface area contributed by atoms with Gasteiger partial charge in [0.25, 0.3) is 0 Å². The van der Waals surface area contributed by atoms with Crippen molar-refractivity contribution >= 4 is 23.4 Å². The number of nitrogens with one attached hydrogen (secondary N) is 1. The maximum atomic E-state index is 12.2. The predicted octanol–water partition coefficient (Wildman–Crippen LogP) is 3.92. The van der Waals surface area contributed by atoms with Gasteiger partial charge in [-0.3, -0.25) is 9.36 Å². The highest BCUT2D eigenvalue weighted by Gasteiger charge is 2.10. The Morgan fingerprint density at radius 2 is 1.84 bits per heavy atom. The van der Waals surface area contributed by atoms with Gasteiger partial charge in [0, 0.05) is 11.4 Å². The number of aromatic nitrogens is 3. The second kappa shape index (κ2) is 7.53. The Morgan fingerprint density at radius 1 is 1.08 bits per heavy atom. The molecule has 0 fully saturated rings. The Bertz CT molecular complexity index is 887. The van der Waals surface area contributed by atoms with Gasteiger partial charge in [-0.05, 0) is 56.2 Å². The number of carbonyl (C=O) groups excluding carboxylic acids is 1. The predicted molar refractivity (Wildman–Crippen MR) is 101 cm³/mol. The minimum absolute atomic E-state index is 0.0632. The van der Waals surface area contributed by atoms with Crippen LogP contribution in [0.3, 0.4) is 0 Å². The van der Waals surface area contributed by atoms with Gasteiger partial charge in [0.05, 0.1) is 5.75 Å². The first-order valence-corrected chi connectivity index (χ1v) is 8.98. The van der Waals surface area contributed by atoms with Gasteiger partial charge < -0.3 is 5.32 Å². The minimum atomic E-state index is -0.0632. The highest BCUT2D eigenvalue weighted by molar-refractivity contribution is 7.99. The number of aryl methyl sites for hydroxylation is 3. The molecule has 1 heterocycles. The van der Waals surface area contributed by atoms with Crippen LogP contribution in [0.25, 0.3) is 5.69 Å². The molecule has 1 aromatic heterocycles. The third-order valence-corrected chi connectivity index (χ3v) is 4.89. The Labute approximate surface area is 151 Å². The van der Waals surface area contributed by atoms with Crippen LogP contribution < -0.4 is 5.32 Å². The summed E-state index contributed by atoms with van der Waals surface area (Å²) in [5, 5.41) is 11.7. The van der Waals surface area contributed by atoms with E-state index in [2.05, 4.69) is 22.4 Å². The molecule has 0 atom stereocenters. The van der Waals surface area contributed by atoms with Crippen molar-refractivity contribution < 1.29 is 4.79 Å². The molecular weight excluding hydrogens is 332 g/mol. The number of hydrogen-bond donors (Lipinski definition) is 1. The molecule has 3 aromatic rings. The molecule has 0 bridgehead atoms. The SMILES string of the molecule is Cc1ccc(-n2cnnc2SCC(=O)Nc2ccc(C)c(C)c2)cc1. The second-order valence-corrected chi connectivity index (χ2v) is 6.90. The number of benzene rings is 2. The molecule has 0 aliphatic carbocycles. The molecular formula is C19H20N4OS. The zero-order valence-electron chi connectivity index (χ0n) is 14.5. The molecule has 1 amide bonds. The maximum Gasteiger partial charge on any atom is 0.234 e. The van der Waals surface area contributed by atoms with Gasteiger partial charge in [-0.2, -0.15) is 0 Å². The van der Waals surface area contributed by atoms with Crippen molar-refractivity contribution in [2.45, 2.75) is 25.9 Å². The number of amides is 1. The average molecular weight is 352 g/mol. The first-order chi connectivity index (χ1) is 12.0. The molecule has 0 aliphatic heterocycles. The molecule has 1 N–H and O–H groups in total. The maximum absolute atomic E-state index is 12.2. The lowest BCUT2D eigenvalue weighted by Crippen LogP contribution is -2.14. The van der Waals surface area contributed by atoms with Crippen LogP contribution in [0, 0.1) is 20.8 Å².